The van der Waals surface area contributed by atoms with Crippen LogP contribution in [0.2, 0.25) is 0 Å². The lowest BCUT2D eigenvalue weighted by molar-refractivity contribution is 0.102. The monoisotopic (exact) mass is 376 g/mol. The van der Waals surface area contributed by atoms with Crippen molar-refractivity contribution in [2.24, 2.45) is 0 Å². The third kappa shape index (κ3) is 3.73. The second-order valence-corrected chi connectivity index (χ2v) is 6.69. The Labute approximate surface area is 162 Å². The summed E-state index contributed by atoms with van der Waals surface area (Å²) >= 11 is 0. The lowest BCUT2D eigenvalue weighted by Gasteiger charge is -2.13. The first-order chi connectivity index (χ1) is 13.6. The van der Waals surface area contributed by atoms with Crippen molar-refractivity contribution in [3.63, 3.8) is 0 Å². The van der Waals surface area contributed by atoms with Crippen LogP contribution in [0, 0.1) is 0 Å². The van der Waals surface area contributed by atoms with Crippen LogP contribution in [0.25, 0.3) is 0 Å². The molecule has 2 aromatic carbocycles. The Morgan fingerprint density at radius 2 is 1.71 bits per heavy atom. The zero-order valence-corrected chi connectivity index (χ0v) is 15.6. The van der Waals surface area contributed by atoms with Crippen molar-refractivity contribution in [1.82, 2.24) is 10.2 Å². The minimum absolute atomic E-state index is 0.167. The van der Waals surface area contributed by atoms with Crippen molar-refractivity contribution < 1.29 is 14.3 Å². The van der Waals surface area contributed by atoms with E-state index < -0.39 is 0 Å². The van der Waals surface area contributed by atoms with Crippen LogP contribution in [0.1, 0.15) is 35.7 Å². The number of fused-ring (bicyclic) bond motifs is 1. The normalized spacial score (nSPS) is 12.1. The van der Waals surface area contributed by atoms with Crippen LogP contribution >= 0.6 is 0 Å². The molecule has 0 bridgehead atoms. The van der Waals surface area contributed by atoms with E-state index >= 15 is 0 Å². The van der Waals surface area contributed by atoms with Crippen molar-refractivity contribution in [2.45, 2.75) is 19.8 Å². The number of rotatable bonds is 5. The van der Waals surface area contributed by atoms with E-state index in [1.54, 1.807) is 30.3 Å². The molecule has 0 saturated carbocycles. The Kier molecular flexibility index (Phi) is 4.80. The van der Waals surface area contributed by atoms with Gasteiger partial charge in [0.15, 0.2) is 23.1 Å². The average Bonchev–Trinajstić information content (AvgIpc) is 3.17. The summed E-state index contributed by atoms with van der Waals surface area (Å²) in [5.41, 5.74) is 2.65. The molecule has 1 amide bonds. The third-order valence-corrected chi connectivity index (χ3v) is 4.39. The molecule has 2 N–H and O–H groups in total. The topological polar surface area (TPSA) is 85.4 Å². The first-order valence-electron chi connectivity index (χ1n) is 9.01. The second kappa shape index (κ2) is 7.56. The average molecular weight is 376 g/mol. The zero-order valence-electron chi connectivity index (χ0n) is 15.6. The highest BCUT2D eigenvalue weighted by Crippen LogP contribution is 2.32. The maximum Gasteiger partial charge on any atom is 0.257 e. The maximum atomic E-state index is 12.4. The molecule has 2 heterocycles. The van der Waals surface area contributed by atoms with E-state index in [1.807, 2.05) is 18.2 Å². The Balaban J connectivity index is 1.44. The fraction of sp³-hybridized carbons (Fsp3) is 0.190. The van der Waals surface area contributed by atoms with Crippen molar-refractivity contribution in [3.8, 4) is 11.5 Å². The Bertz CT molecular complexity index is 1000. The van der Waals surface area contributed by atoms with Crippen molar-refractivity contribution >= 4 is 23.2 Å². The minimum atomic E-state index is -0.293. The predicted octanol–water partition coefficient (Wildman–Crippen LogP) is 4.32. The van der Waals surface area contributed by atoms with E-state index in [1.165, 1.54) is 5.56 Å². The highest BCUT2D eigenvalue weighted by Gasteiger charge is 2.16. The molecule has 0 fully saturated rings. The molecule has 0 saturated heterocycles. The predicted molar refractivity (Wildman–Crippen MR) is 106 cm³/mol. The van der Waals surface area contributed by atoms with Crippen LogP contribution in [0.3, 0.4) is 0 Å². The number of carbonyl (C=O) groups is 1. The smallest absolute Gasteiger partial charge is 0.257 e. The molecule has 0 spiro atoms. The van der Waals surface area contributed by atoms with E-state index in [0.717, 1.165) is 5.69 Å². The molecule has 0 atom stereocenters. The minimum Gasteiger partial charge on any atom is -0.454 e. The first-order valence-corrected chi connectivity index (χ1v) is 9.01. The van der Waals surface area contributed by atoms with Gasteiger partial charge >= 0.3 is 0 Å². The van der Waals surface area contributed by atoms with Crippen molar-refractivity contribution in [1.29, 1.82) is 0 Å². The molecular weight excluding hydrogens is 356 g/mol. The summed E-state index contributed by atoms with van der Waals surface area (Å²) in [4.78, 5) is 12.4. The number of nitrogens with zero attached hydrogens (tertiary/aromatic N) is 2. The standard InChI is InChI=1S/C21H20N4O3/c1-13(2)15-5-3-4-6-16(15)22-19-9-10-20(25-24-19)23-21(26)14-7-8-17-18(11-14)28-12-27-17/h3-11,13H,12H2,1-2H3,(H,22,24)(H,23,25,26). The number of ether oxygens (including phenoxy) is 2. The fourth-order valence-electron chi connectivity index (χ4n) is 2.94. The van der Waals surface area contributed by atoms with Gasteiger partial charge in [0.1, 0.15) is 0 Å². The number of carbonyl (C=O) groups excluding carboxylic acids is 1. The molecule has 3 aromatic rings. The van der Waals surface area contributed by atoms with E-state index in [2.05, 4.69) is 40.7 Å². The summed E-state index contributed by atoms with van der Waals surface area (Å²) in [5, 5.41) is 14.3. The Morgan fingerprint density at radius 3 is 2.50 bits per heavy atom. The molecular formula is C21H20N4O3. The van der Waals surface area contributed by atoms with E-state index in [-0.39, 0.29) is 12.7 Å². The number of benzene rings is 2. The fourth-order valence-corrected chi connectivity index (χ4v) is 2.94. The summed E-state index contributed by atoms with van der Waals surface area (Å²) in [6, 6.07) is 16.6. The van der Waals surface area contributed by atoms with Crippen LogP contribution in [-0.2, 0) is 0 Å². The highest BCUT2D eigenvalue weighted by atomic mass is 16.7. The number of para-hydroxylation sites is 1. The van der Waals surface area contributed by atoms with Gasteiger partial charge in [-0.05, 0) is 47.9 Å². The van der Waals surface area contributed by atoms with Gasteiger partial charge in [-0.2, -0.15) is 0 Å². The summed E-state index contributed by atoms with van der Waals surface area (Å²) in [6.07, 6.45) is 0. The number of aromatic nitrogens is 2. The molecule has 142 valence electrons. The number of hydrogen-bond donors (Lipinski definition) is 2. The molecule has 0 unspecified atom stereocenters. The lowest BCUT2D eigenvalue weighted by Crippen LogP contribution is -2.13. The van der Waals surface area contributed by atoms with Crippen LogP contribution in [0.15, 0.2) is 54.6 Å². The van der Waals surface area contributed by atoms with Gasteiger partial charge in [0.05, 0.1) is 0 Å². The van der Waals surface area contributed by atoms with Crippen LogP contribution in [0.5, 0.6) is 11.5 Å². The van der Waals surface area contributed by atoms with Crippen LogP contribution in [-0.4, -0.2) is 22.9 Å². The van der Waals surface area contributed by atoms with Gasteiger partial charge in [0, 0.05) is 11.3 Å². The van der Waals surface area contributed by atoms with Gasteiger partial charge in [0.25, 0.3) is 5.91 Å². The van der Waals surface area contributed by atoms with E-state index in [0.29, 0.717) is 34.6 Å². The number of amides is 1. The molecule has 0 aliphatic carbocycles. The summed E-state index contributed by atoms with van der Waals surface area (Å²) < 4.78 is 10.6. The summed E-state index contributed by atoms with van der Waals surface area (Å²) in [7, 11) is 0. The molecule has 7 nitrogen and oxygen atoms in total. The van der Waals surface area contributed by atoms with Gasteiger partial charge in [-0.1, -0.05) is 32.0 Å². The van der Waals surface area contributed by atoms with Crippen LogP contribution in [0.4, 0.5) is 17.3 Å². The SMILES string of the molecule is CC(C)c1ccccc1Nc1ccc(NC(=O)c2ccc3c(c2)OCO3)nn1. The van der Waals surface area contributed by atoms with Gasteiger partial charge < -0.3 is 20.1 Å². The van der Waals surface area contributed by atoms with E-state index in [9.17, 15) is 4.79 Å². The zero-order chi connectivity index (χ0) is 19.5. The third-order valence-electron chi connectivity index (χ3n) is 4.39. The first kappa shape index (κ1) is 17.8. The van der Waals surface area contributed by atoms with Crippen molar-refractivity contribution in [2.75, 3.05) is 17.4 Å². The summed E-state index contributed by atoms with van der Waals surface area (Å²) in [6.45, 7) is 4.45. The molecule has 4 rings (SSSR count). The van der Waals surface area contributed by atoms with Gasteiger partial charge in [-0.15, -0.1) is 10.2 Å². The quantitative estimate of drug-likeness (QED) is 0.690. The van der Waals surface area contributed by atoms with Gasteiger partial charge in [-0.25, -0.2) is 0 Å². The van der Waals surface area contributed by atoms with Crippen molar-refractivity contribution in [3.05, 3.63) is 65.7 Å². The Morgan fingerprint density at radius 1 is 0.964 bits per heavy atom. The van der Waals surface area contributed by atoms with Gasteiger partial charge in [0.2, 0.25) is 6.79 Å². The number of nitrogens with one attached hydrogen (secondary N) is 2. The molecule has 28 heavy (non-hydrogen) atoms. The molecule has 0 radical (unpaired) electrons. The molecule has 1 aliphatic heterocycles. The summed E-state index contributed by atoms with van der Waals surface area (Å²) in [5.74, 6) is 2.26. The number of hydrogen-bond acceptors (Lipinski definition) is 6. The largest absolute Gasteiger partial charge is 0.454 e. The van der Waals surface area contributed by atoms with Gasteiger partial charge in [-0.3, -0.25) is 4.79 Å². The van der Waals surface area contributed by atoms with Crippen LogP contribution < -0.4 is 20.1 Å². The number of anilines is 3. The Hall–Kier alpha value is -3.61. The second-order valence-electron chi connectivity index (χ2n) is 6.69. The van der Waals surface area contributed by atoms with E-state index in [4.69, 9.17) is 9.47 Å². The molecule has 1 aromatic heterocycles. The molecule has 1 aliphatic rings. The maximum absolute atomic E-state index is 12.4. The highest BCUT2D eigenvalue weighted by molar-refractivity contribution is 6.04. The lowest BCUT2D eigenvalue weighted by atomic mass is 10.0. The molecule has 7 heteroatoms.